The number of aryl methyl sites for hydroxylation is 2. The Morgan fingerprint density at radius 3 is 2.59 bits per heavy atom. The third kappa shape index (κ3) is 3.39. The first-order valence-electron chi connectivity index (χ1n) is 7.77. The summed E-state index contributed by atoms with van der Waals surface area (Å²) in [6.45, 7) is 8.49. The van der Waals surface area contributed by atoms with Crippen LogP contribution in [0.3, 0.4) is 0 Å². The topological polar surface area (TPSA) is 52.2 Å². The maximum Gasteiger partial charge on any atom is 0.274 e. The third-order valence-corrected chi connectivity index (χ3v) is 5.24. The van der Waals surface area contributed by atoms with E-state index < -0.39 is 0 Å². The molecule has 2 aromatic rings. The summed E-state index contributed by atoms with van der Waals surface area (Å²) < 4.78 is 0. The van der Waals surface area contributed by atoms with Crippen LogP contribution in [0.1, 0.15) is 32.9 Å². The molecule has 1 N–H and O–H groups in total. The number of thiophene rings is 1. The molecule has 1 fully saturated rings. The molecule has 1 aliphatic rings. The zero-order valence-electron chi connectivity index (χ0n) is 13.1. The van der Waals surface area contributed by atoms with Gasteiger partial charge in [-0.15, -0.1) is 11.3 Å². The number of hydrogen-bond donors (Lipinski definition) is 1. The number of nitrogens with zero attached hydrogens (tertiary/aromatic N) is 3. The fourth-order valence-electron chi connectivity index (χ4n) is 2.72. The van der Waals surface area contributed by atoms with Gasteiger partial charge in [-0.2, -0.15) is 5.10 Å². The van der Waals surface area contributed by atoms with E-state index in [9.17, 15) is 4.79 Å². The Morgan fingerprint density at radius 2 is 2.00 bits per heavy atom. The number of piperazine rings is 1. The standard InChI is InChI=1S/C16H22N4OS/c1-3-13-4-5-14(22-13)11-19-6-8-20(9-7-19)16(21)15-10-12(2)17-18-15/h4-5,10H,3,6-9,11H2,1-2H3,(H,17,18). The van der Waals surface area contributed by atoms with E-state index in [4.69, 9.17) is 0 Å². The average Bonchev–Trinajstić information content (AvgIpc) is 3.16. The molecule has 1 aliphatic heterocycles. The van der Waals surface area contributed by atoms with Gasteiger partial charge in [-0.3, -0.25) is 14.8 Å². The monoisotopic (exact) mass is 318 g/mol. The summed E-state index contributed by atoms with van der Waals surface area (Å²) in [4.78, 5) is 19.5. The minimum Gasteiger partial charge on any atom is -0.335 e. The second kappa shape index (κ2) is 6.62. The average molecular weight is 318 g/mol. The first kappa shape index (κ1) is 15.2. The number of H-pyrrole nitrogens is 1. The van der Waals surface area contributed by atoms with E-state index in [1.165, 1.54) is 9.75 Å². The van der Waals surface area contributed by atoms with Crippen LogP contribution in [0.4, 0.5) is 0 Å². The molecule has 5 nitrogen and oxygen atoms in total. The summed E-state index contributed by atoms with van der Waals surface area (Å²) in [6.07, 6.45) is 1.11. The van der Waals surface area contributed by atoms with Crippen molar-refractivity contribution in [2.24, 2.45) is 0 Å². The number of amides is 1. The maximum atomic E-state index is 12.3. The molecular weight excluding hydrogens is 296 g/mol. The van der Waals surface area contributed by atoms with Crippen molar-refractivity contribution in [2.45, 2.75) is 26.8 Å². The smallest absolute Gasteiger partial charge is 0.274 e. The van der Waals surface area contributed by atoms with Crippen LogP contribution >= 0.6 is 11.3 Å². The van der Waals surface area contributed by atoms with Crippen molar-refractivity contribution in [1.82, 2.24) is 20.0 Å². The number of hydrogen-bond acceptors (Lipinski definition) is 4. The van der Waals surface area contributed by atoms with Gasteiger partial charge in [-0.05, 0) is 31.5 Å². The number of carbonyl (C=O) groups is 1. The molecule has 118 valence electrons. The largest absolute Gasteiger partial charge is 0.335 e. The Balaban J connectivity index is 1.52. The van der Waals surface area contributed by atoms with Gasteiger partial charge < -0.3 is 4.90 Å². The van der Waals surface area contributed by atoms with E-state index >= 15 is 0 Å². The van der Waals surface area contributed by atoms with Crippen LogP contribution in [0, 0.1) is 6.92 Å². The van der Waals surface area contributed by atoms with Crippen molar-refractivity contribution >= 4 is 17.2 Å². The summed E-state index contributed by atoms with van der Waals surface area (Å²) in [5.41, 5.74) is 1.45. The Bertz CT molecular complexity index is 640. The molecule has 0 spiro atoms. The molecule has 0 atom stereocenters. The van der Waals surface area contributed by atoms with Gasteiger partial charge in [0.05, 0.1) is 0 Å². The zero-order valence-corrected chi connectivity index (χ0v) is 13.9. The van der Waals surface area contributed by atoms with Crippen molar-refractivity contribution in [3.05, 3.63) is 39.3 Å². The molecular formula is C16H22N4OS. The summed E-state index contributed by atoms with van der Waals surface area (Å²) in [5, 5.41) is 6.89. The molecule has 2 aromatic heterocycles. The molecule has 3 heterocycles. The van der Waals surface area contributed by atoms with Crippen LogP contribution in [0.25, 0.3) is 0 Å². The Kier molecular flexibility index (Phi) is 4.59. The van der Waals surface area contributed by atoms with Crippen LogP contribution < -0.4 is 0 Å². The lowest BCUT2D eigenvalue weighted by molar-refractivity contribution is 0.0624. The Hall–Kier alpha value is -1.66. The van der Waals surface area contributed by atoms with E-state index in [1.54, 1.807) is 0 Å². The second-order valence-electron chi connectivity index (χ2n) is 5.73. The van der Waals surface area contributed by atoms with Gasteiger partial charge in [0, 0.05) is 48.2 Å². The van der Waals surface area contributed by atoms with E-state index in [1.807, 2.05) is 29.2 Å². The number of rotatable bonds is 4. The van der Waals surface area contributed by atoms with Gasteiger partial charge in [-0.25, -0.2) is 0 Å². The van der Waals surface area contributed by atoms with Crippen LogP contribution in [-0.4, -0.2) is 52.1 Å². The van der Waals surface area contributed by atoms with Crippen molar-refractivity contribution < 1.29 is 4.79 Å². The van der Waals surface area contributed by atoms with Gasteiger partial charge in [0.1, 0.15) is 5.69 Å². The SMILES string of the molecule is CCc1ccc(CN2CCN(C(=O)c3cc(C)[nH]n3)CC2)s1. The van der Waals surface area contributed by atoms with Gasteiger partial charge >= 0.3 is 0 Å². The highest BCUT2D eigenvalue weighted by Gasteiger charge is 2.23. The first-order chi connectivity index (χ1) is 10.7. The summed E-state index contributed by atoms with van der Waals surface area (Å²) in [6, 6.07) is 6.26. The number of carbonyl (C=O) groups excluding carboxylic acids is 1. The van der Waals surface area contributed by atoms with Crippen molar-refractivity contribution in [3.8, 4) is 0 Å². The molecule has 0 bridgehead atoms. The minimum absolute atomic E-state index is 0.0355. The van der Waals surface area contributed by atoms with Gasteiger partial charge in [0.25, 0.3) is 5.91 Å². The predicted octanol–water partition coefficient (Wildman–Crippen LogP) is 2.30. The maximum absolute atomic E-state index is 12.3. The van der Waals surface area contributed by atoms with Crippen LogP contribution in [-0.2, 0) is 13.0 Å². The highest BCUT2D eigenvalue weighted by molar-refractivity contribution is 7.11. The molecule has 0 aromatic carbocycles. The fraction of sp³-hybridized carbons (Fsp3) is 0.500. The van der Waals surface area contributed by atoms with E-state index in [-0.39, 0.29) is 5.91 Å². The second-order valence-corrected chi connectivity index (χ2v) is 6.98. The van der Waals surface area contributed by atoms with Gasteiger partial charge in [0.15, 0.2) is 0 Å². The molecule has 1 saturated heterocycles. The fourth-order valence-corrected chi connectivity index (χ4v) is 3.72. The van der Waals surface area contributed by atoms with Crippen LogP contribution in [0.5, 0.6) is 0 Å². The first-order valence-corrected chi connectivity index (χ1v) is 8.58. The molecule has 0 unspecified atom stereocenters. The normalized spacial score (nSPS) is 16.2. The molecule has 6 heteroatoms. The highest BCUT2D eigenvalue weighted by atomic mass is 32.1. The van der Waals surface area contributed by atoms with Crippen molar-refractivity contribution in [2.75, 3.05) is 26.2 Å². The molecule has 0 aliphatic carbocycles. The molecule has 0 radical (unpaired) electrons. The van der Waals surface area contributed by atoms with Crippen molar-refractivity contribution in [1.29, 1.82) is 0 Å². The molecule has 22 heavy (non-hydrogen) atoms. The summed E-state index contributed by atoms with van der Waals surface area (Å²) >= 11 is 1.90. The molecule has 1 amide bonds. The Labute approximate surface area is 134 Å². The van der Waals surface area contributed by atoms with Crippen LogP contribution in [0.2, 0.25) is 0 Å². The lowest BCUT2D eigenvalue weighted by atomic mass is 10.2. The van der Waals surface area contributed by atoms with Crippen molar-refractivity contribution in [3.63, 3.8) is 0 Å². The summed E-state index contributed by atoms with van der Waals surface area (Å²) in [7, 11) is 0. The number of nitrogens with one attached hydrogen (secondary N) is 1. The number of aromatic nitrogens is 2. The Morgan fingerprint density at radius 1 is 1.27 bits per heavy atom. The van der Waals surface area contributed by atoms with E-state index in [0.29, 0.717) is 5.69 Å². The minimum atomic E-state index is 0.0355. The summed E-state index contributed by atoms with van der Waals surface area (Å²) in [5.74, 6) is 0.0355. The zero-order chi connectivity index (χ0) is 15.5. The lowest BCUT2D eigenvalue weighted by Gasteiger charge is -2.34. The predicted molar refractivity (Wildman–Crippen MR) is 88.2 cm³/mol. The van der Waals surface area contributed by atoms with E-state index in [0.717, 1.165) is 44.8 Å². The highest BCUT2D eigenvalue weighted by Crippen LogP contribution is 2.19. The van der Waals surface area contributed by atoms with Gasteiger partial charge in [0.2, 0.25) is 0 Å². The number of aromatic amines is 1. The lowest BCUT2D eigenvalue weighted by Crippen LogP contribution is -2.48. The quantitative estimate of drug-likeness (QED) is 0.941. The van der Waals surface area contributed by atoms with Crippen LogP contribution in [0.15, 0.2) is 18.2 Å². The molecule has 0 saturated carbocycles. The third-order valence-electron chi connectivity index (χ3n) is 4.03. The van der Waals surface area contributed by atoms with Gasteiger partial charge in [-0.1, -0.05) is 6.92 Å². The molecule has 3 rings (SSSR count). The van der Waals surface area contributed by atoms with E-state index in [2.05, 4.69) is 34.2 Å².